The Hall–Kier alpha value is -2.24. The van der Waals surface area contributed by atoms with Crippen LogP contribution in [0.2, 0.25) is 0 Å². The molecule has 1 aromatic rings. The standard InChI is InChI=1S/C15H17NO5/c17-14(9-4-5-10(6-9)15(18)19)16-7-11-2-1-3-12-13(11)21-8-20-12/h1-3,9-10H,4-8H2,(H,16,17)(H,18,19)/t9-,10+/m1/s1. The predicted octanol–water partition coefficient (Wildman–Crippen LogP) is 1.53. The minimum atomic E-state index is -0.809. The minimum absolute atomic E-state index is 0.0877. The summed E-state index contributed by atoms with van der Waals surface area (Å²) in [5.74, 6) is -0.133. The van der Waals surface area contributed by atoms with Gasteiger partial charge in [-0.05, 0) is 25.3 Å². The van der Waals surface area contributed by atoms with Crippen molar-refractivity contribution in [2.24, 2.45) is 11.8 Å². The van der Waals surface area contributed by atoms with E-state index >= 15 is 0 Å². The summed E-state index contributed by atoms with van der Waals surface area (Å²) < 4.78 is 10.7. The highest BCUT2D eigenvalue weighted by atomic mass is 16.7. The van der Waals surface area contributed by atoms with Crippen molar-refractivity contribution in [1.29, 1.82) is 0 Å². The predicted molar refractivity (Wildman–Crippen MR) is 72.9 cm³/mol. The van der Waals surface area contributed by atoms with E-state index in [0.717, 1.165) is 5.56 Å². The van der Waals surface area contributed by atoms with Gasteiger partial charge in [0.15, 0.2) is 11.5 Å². The third kappa shape index (κ3) is 2.79. The molecule has 2 atom stereocenters. The number of hydrogen-bond donors (Lipinski definition) is 2. The fraction of sp³-hybridized carbons (Fsp3) is 0.467. The first-order chi connectivity index (χ1) is 10.1. The van der Waals surface area contributed by atoms with E-state index in [-0.39, 0.29) is 18.6 Å². The number of aliphatic carboxylic acids is 1. The summed E-state index contributed by atoms with van der Waals surface area (Å²) in [5.41, 5.74) is 0.867. The maximum absolute atomic E-state index is 12.1. The van der Waals surface area contributed by atoms with Crippen molar-refractivity contribution in [1.82, 2.24) is 5.32 Å². The molecule has 1 saturated carbocycles. The number of rotatable bonds is 4. The number of nitrogens with one attached hydrogen (secondary N) is 1. The molecule has 0 saturated heterocycles. The Morgan fingerprint density at radius 2 is 2.05 bits per heavy atom. The lowest BCUT2D eigenvalue weighted by Crippen LogP contribution is -2.29. The smallest absolute Gasteiger partial charge is 0.306 e. The molecule has 112 valence electrons. The van der Waals surface area contributed by atoms with Crippen LogP contribution in [0.1, 0.15) is 24.8 Å². The number of ether oxygens (including phenoxy) is 2. The SMILES string of the molecule is O=C(O)[C@H]1CC[C@@H](C(=O)NCc2cccc3c2OCO3)C1. The van der Waals surface area contributed by atoms with E-state index in [0.29, 0.717) is 37.3 Å². The highest BCUT2D eigenvalue weighted by Gasteiger charge is 2.33. The van der Waals surface area contributed by atoms with Gasteiger partial charge in [0.2, 0.25) is 12.7 Å². The van der Waals surface area contributed by atoms with Crippen LogP contribution in [0.15, 0.2) is 18.2 Å². The summed E-state index contributed by atoms with van der Waals surface area (Å²) in [6.45, 7) is 0.558. The van der Waals surface area contributed by atoms with Crippen LogP contribution in [0.25, 0.3) is 0 Å². The molecule has 1 fully saturated rings. The Bertz CT molecular complexity index is 571. The lowest BCUT2D eigenvalue weighted by molar-refractivity contribution is -0.141. The quantitative estimate of drug-likeness (QED) is 0.879. The van der Waals surface area contributed by atoms with Gasteiger partial charge in [0.25, 0.3) is 0 Å². The molecule has 0 spiro atoms. The molecule has 2 aliphatic rings. The Morgan fingerprint density at radius 1 is 1.24 bits per heavy atom. The van der Waals surface area contributed by atoms with Gasteiger partial charge in [0.05, 0.1) is 5.92 Å². The number of fused-ring (bicyclic) bond motifs is 1. The van der Waals surface area contributed by atoms with E-state index in [1.807, 2.05) is 18.2 Å². The van der Waals surface area contributed by atoms with E-state index in [9.17, 15) is 9.59 Å². The molecule has 1 aliphatic carbocycles. The number of carbonyl (C=O) groups is 2. The van der Waals surface area contributed by atoms with E-state index in [1.165, 1.54) is 0 Å². The fourth-order valence-corrected chi connectivity index (χ4v) is 2.90. The summed E-state index contributed by atoms with van der Waals surface area (Å²) in [6.07, 6.45) is 1.63. The van der Waals surface area contributed by atoms with Gasteiger partial charge >= 0.3 is 5.97 Å². The highest BCUT2D eigenvalue weighted by Crippen LogP contribution is 2.35. The number of carboxylic acids is 1. The Kier molecular flexibility index (Phi) is 3.68. The molecule has 6 heteroatoms. The zero-order valence-corrected chi connectivity index (χ0v) is 11.5. The van der Waals surface area contributed by atoms with Crippen LogP contribution in [0.4, 0.5) is 0 Å². The van der Waals surface area contributed by atoms with Gasteiger partial charge in [-0.25, -0.2) is 0 Å². The van der Waals surface area contributed by atoms with Gasteiger partial charge < -0.3 is 19.9 Å². The first-order valence-electron chi connectivity index (χ1n) is 7.03. The molecule has 1 aromatic carbocycles. The van der Waals surface area contributed by atoms with Crippen LogP contribution in [0.5, 0.6) is 11.5 Å². The van der Waals surface area contributed by atoms with Crippen LogP contribution < -0.4 is 14.8 Å². The Labute approximate surface area is 122 Å². The van der Waals surface area contributed by atoms with Gasteiger partial charge in [-0.3, -0.25) is 9.59 Å². The normalized spacial score (nSPS) is 23.0. The topological polar surface area (TPSA) is 84.9 Å². The van der Waals surface area contributed by atoms with Crippen LogP contribution in [0.3, 0.4) is 0 Å². The Balaban J connectivity index is 1.57. The third-order valence-electron chi connectivity index (χ3n) is 4.08. The van der Waals surface area contributed by atoms with Gasteiger partial charge in [-0.15, -0.1) is 0 Å². The average Bonchev–Trinajstić information content (AvgIpc) is 3.13. The summed E-state index contributed by atoms with van der Waals surface area (Å²) >= 11 is 0. The van der Waals surface area contributed by atoms with Gasteiger partial charge in [0, 0.05) is 18.0 Å². The Morgan fingerprint density at radius 3 is 2.81 bits per heavy atom. The largest absolute Gasteiger partial charge is 0.481 e. The molecular formula is C15H17NO5. The zero-order valence-electron chi connectivity index (χ0n) is 11.5. The molecule has 1 amide bonds. The highest BCUT2D eigenvalue weighted by molar-refractivity contribution is 5.80. The minimum Gasteiger partial charge on any atom is -0.481 e. The van der Waals surface area contributed by atoms with Crippen molar-refractivity contribution in [3.05, 3.63) is 23.8 Å². The van der Waals surface area contributed by atoms with Crippen molar-refractivity contribution < 1.29 is 24.2 Å². The number of hydrogen-bond acceptors (Lipinski definition) is 4. The van der Waals surface area contributed by atoms with E-state index in [2.05, 4.69) is 5.32 Å². The first-order valence-corrected chi connectivity index (χ1v) is 7.03. The molecule has 1 heterocycles. The molecule has 6 nitrogen and oxygen atoms in total. The number of amides is 1. The van der Waals surface area contributed by atoms with Crippen molar-refractivity contribution in [2.45, 2.75) is 25.8 Å². The van der Waals surface area contributed by atoms with Crippen LogP contribution in [0, 0.1) is 11.8 Å². The molecule has 0 unspecified atom stereocenters. The summed E-state index contributed by atoms with van der Waals surface area (Å²) in [7, 11) is 0. The summed E-state index contributed by atoms with van der Waals surface area (Å²) in [6, 6.07) is 5.55. The lowest BCUT2D eigenvalue weighted by atomic mass is 10.0. The zero-order chi connectivity index (χ0) is 14.8. The molecule has 1 aliphatic heterocycles. The average molecular weight is 291 g/mol. The van der Waals surface area contributed by atoms with Crippen molar-refractivity contribution in [3.8, 4) is 11.5 Å². The van der Waals surface area contributed by atoms with Crippen LogP contribution in [-0.4, -0.2) is 23.8 Å². The molecule has 0 radical (unpaired) electrons. The number of para-hydroxylation sites is 1. The molecule has 3 rings (SSSR count). The maximum Gasteiger partial charge on any atom is 0.306 e. The molecule has 0 aromatic heterocycles. The van der Waals surface area contributed by atoms with E-state index in [1.54, 1.807) is 0 Å². The lowest BCUT2D eigenvalue weighted by Gasteiger charge is -2.12. The molecular weight excluding hydrogens is 274 g/mol. The number of carbonyl (C=O) groups excluding carboxylic acids is 1. The molecule has 0 bridgehead atoms. The second kappa shape index (κ2) is 5.63. The third-order valence-corrected chi connectivity index (χ3v) is 4.08. The van der Waals surface area contributed by atoms with Crippen molar-refractivity contribution in [3.63, 3.8) is 0 Å². The monoisotopic (exact) mass is 291 g/mol. The van der Waals surface area contributed by atoms with Gasteiger partial charge in [0.1, 0.15) is 0 Å². The van der Waals surface area contributed by atoms with Crippen LogP contribution in [-0.2, 0) is 16.1 Å². The first kappa shape index (κ1) is 13.7. The molecule has 2 N–H and O–H groups in total. The number of carboxylic acid groups (broad SMARTS) is 1. The van der Waals surface area contributed by atoms with E-state index in [4.69, 9.17) is 14.6 Å². The fourth-order valence-electron chi connectivity index (χ4n) is 2.90. The van der Waals surface area contributed by atoms with E-state index < -0.39 is 11.9 Å². The second-order valence-electron chi connectivity index (χ2n) is 5.41. The summed E-state index contributed by atoms with van der Waals surface area (Å²) in [5, 5.41) is 11.8. The maximum atomic E-state index is 12.1. The van der Waals surface area contributed by atoms with Gasteiger partial charge in [-0.1, -0.05) is 12.1 Å². The summed E-state index contributed by atoms with van der Waals surface area (Å²) in [4.78, 5) is 23.0. The second-order valence-corrected chi connectivity index (χ2v) is 5.41. The van der Waals surface area contributed by atoms with Gasteiger partial charge in [-0.2, -0.15) is 0 Å². The van der Waals surface area contributed by atoms with Crippen molar-refractivity contribution in [2.75, 3.05) is 6.79 Å². The van der Waals surface area contributed by atoms with Crippen molar-refractivity contribution >= 4 is 11.9 Å². The van der Waals surface area contributed by atoms with Crippen LogP contribution >= 0.6 is 0 Å². The number of benzene rings is 1. The molecule has 21 heavy (non-hydrogen) atoms.